The number of benzene rings is 1. The normalized spacial score (nSPS) is 11.3. The van der Waals surface area contributed by atoms with Crippen molar-refractivity contribution in [3.05, 3.63) is 35.9 Å². The minimum atomic E-state index is 0. The third-order valence-corrected chi connectivity index (χ3v) is 4.37. The molecule has 0 saturated carbocycles. The quantitative estimate of drug-likeness (QED) is 0.207. The summed E-state index contributed by atoms with van der Waals surface area (Å²) in [5.41, 5.74) is 1.36. The van der Waals surface area contributed by atoms with Crippen LogP contribution in [0.1, 0.15) is 31.7 Å². The number of thioether (sulfide) groups is 1. The first kappa shape index (κ1) is 24.5. The minimum Gasteiger partial charge on any atom is -0.357 e. The fourth-order valence-corrected chi connectivity index (χ4v) is 2.92. The van der Waals surface area contributed by atoms with E-state index in [1.54, 1.807) is 0 Å². The molecule has 2 N–H and O–H groups in total. The van der Waals surface area contributed by atoms with Gasteiger partial charge in [0.05, 0.1) is 0 Å². The van der Waals surface area contributed by atoms with Gasteiger partial charge in [-0.25, -0.2) is 0 Å². The number of unbranched alkanes of at least 4 members (excludes halogenated alkanes) is 1. The van der Waals surface area contributed by atoms with E-state index in [1.165, 1.54) is 24.2 Å². The summed E-state index contributed by atoms with van der Waals surface area (Å²) >= 11 is 1.91. The smallest absolute Gasteiger partial charge is 0.191 e. The van der Waals surface area contributed by atoms with Gasteiger partial charge in [0.2, 0.25) is 0 Å². The van der Waals surface area contributed by atoms with Crippen molar-refractivity contribution in [2.45, 2.75) is 32.7 Å². The molecule has 0 spiro atoms. The van der Waals surface area contributed by atoms with Gasteiger partial charge in [-0.2, -0.15) is 11.8 Å². The second-order valence-corrected chi connectivity index (χ2v) is 6.95. The molecule has 0 fully saturated rings. The van der Waals surface area contributed by atoms with E-state index in [9.17, 15) is 0 Å². The zero-order chi connectivity index (χ0) is 17.5. The molecule has 0 bridgehead atoms. The van der Waals surface area contributed by atoms with Gasteiger partial charge in [0.1, 0.15) is 0 Å². The zero-order valence-corrected chi connectivity index (χ0v) is 19.1. The Kier molecular flexibility index (Phi) is 16.7. The lowest BCUT2D eigenvalue weighted by Gasteiger charge is -2.16. The minimum absolute atomic E-state index is 0. The Balaban J connectivity index is 0.00000576. The highest BCUT2D eigenvalue weighted by atomic mass is 127. The molecular weight excluding hydrogens is 443 g/mol. The van der Waals surface area contributed by atoms with Gasteiger partial charge in [-0.3, -0.25) is 4.99 Å². The Morgan fingerprint density at radius 3 is 2.56 bits per heavy atom. The third kappa shape index (κ3) is 13.4. The van der Waals surface area contributed by atoms with Crippen LogP contribution in [0.15, 0.2) is 35.3 Å². The number of guanidine groups is 1. The van der Waals surface area contributed by atoms with Crippen LogP contribution < -0.4 is 10.6 Å². The van der Waals surface area contributed by atoms with Crippen molar-refractivity contribution in [2.24, 2.45) is 4.99 Å². The third-order valence-electron chi connectivity index (χ3n) is 3.68. The van der Waals surface area contributed by atoms with Crippen LogP contribution >= 0.6 is 35.7 Å². The predicted molar refractivity (Wildman–Crippen MR) is 124 cm³/mol. The van der Waals surface area contributed by atoms with E-state index < -0.39 is 0 Å². The van der Waals surface area contributed by atoms with Gasteiger partial charge in [-0.15, -0.1) is 24.0 Å². The van der Waals surface area contributed by atoms with E-state index in [0.29, 0.717) is 0 Å². The first-order chi connectivity index (χ1) is 11.8. The molecule has 6 heteroatoms. The van der Waals surface area contributed by atoms with E-state index in [2.05, 4.69) is 71.1 Å². The summed E-state index contributed by atoms with van der Waals surface area (Å²) in [6.07, 6.45) is 5.70. The molecular formula is C19H35IN4S. The van der Waals surface area contributed by atoms with Crippen molar-refractivity contribution in [3.8, 4) is 0 Å². The number of nitrogens with zero attached hydrogens (tertiary/aromatic N) is 2. The van der Waals surface area contributed by atoms with Crippen LogP contribution in [-0.2, 0) is 6.54 Å². The molecule has 0 saturated heterocycles. The Morgan fingerprint density at radius 2 is 1.88 bits per heavy atom. The maximum absolute atomic E-state index is 4.67. The molecule has 4 nitrogen and oxygen atoms in total. The molecule has 0 unspecified atom stereocenters. The number of nitrogens with one attached hydrogen (secondary N) is 2. The molecule has 1 aromatic rings. The van der Waals surface area contributed by atoms with Crippen LogP contribution in [0.25, 0.3) is 0 Å². The monoisotopic (exact) mass is 478 g/mol. The first-order valence-corrected chi connectivity index (χ1v) is 10.4. The van der Waals surface area contributed by atoms with Crippen LogP contribution in [0.3, 0.4) is 0 Å². The summed E-state index contributed by atoms with van der Waals surface area (Å²) < 4.78 is 0. The molecule has 0 aromatic heterocycles. The van der Waals surface area contributed by atoms with Crippen molar-refractivity contribution in [3.63, 3.8) is 0 Å². The molecule has 0 aliphatic rings. The number of halogens is 1. The van der Waals surface area contributed by atoms with Crippen molar-refractivity contribution in [1.82, 2.24) is 15.5 Å². The number of rotatable bonds is 12. The van der Waals surface area contributed by atoms with Gasteiger partial charge in [0, 0.05) is 26.2 Å². The average Bonchev–Trinajstić information content (AvgIpc) is 2.59. The summed E-state index contributed by atoms with van der Waals surface area (Å²) in [6, 6.07) is 10.6. The Bertz CT molecular complexity index is 442. The van der Waals surface area contributed by atoms with Crippen molar-refractivity contribution >= 4 is 41.7 Å². The summed E-state index contributed by atoms with van der Waals surface area (Å²) in [7, 11) is 2.17. The molecule has 0 heterocycles. The van der Waals surface area contributed by atoms with Crippen LogP contribution in [0.5, 0.6) is 0 Å². The molecule has 144 valence electrons. The van der Waals surface area contributed by atoms with Crippen molar-refractivity contribution < 1.29 is 0 Å². The molecule has 25 heavy (non-hydrogen) atoms. The summed E-state index contributed by atoms with van der Waals surface area (Å²) in [4.78, 5) is 7.03. The maximum Gasteiger partial charge on any atom is 0.191 e. The van der Waals surface area contributed by atoms with Crippen LogP contribution in [-0.4, -0.2) is 56.1 Å². The van der Waals surface area contributed by atoms with Gasteiger partial charge in [0.15, 0.2) is 5.96 Å². The van der Waals surface area contributed by atoms with Crippen LogP contribution in [0.4, 0.5) is 0 Å². The SMILES string of the molecule is CCNC(=NCCCN(C)Cc1ccccc1)NCCCCSC.I. The second kappa shape index (κ2) is 17.0. The summed E-state index contributed by atoms with van der Waals surface area (Å²) in [6.45, 7) is 6.94. The van der Waals surface area contributed by atoms with Crippen molar-refractivity contribution in [2.75, 3.05) is 45.2 Å². The van der Waals surface area contributed by atoms with Gasteiger partial charge in [0.25, 0.3) is 0 Å². The molecule has 0 radical (unpaired) electrons. The van der Waals surface area contributed by atoms with E-state index in [4.69, 9.17) is 0 Å². The number of hydrogen-bond donors (Lipinski definition) is 2. The fraction of sp³-hybridized carbons (Fsp3) is 0.632. The predicted octanol–water partition coefficient (Wildman–Crippen LogP) is 3.82. The van der Waals surface area contributed by atoms with E-state index in [-0.39, 0.29) is 24.0 Å². The topological polar surface area (TPSA) is 39.7 Å². The van der Waals surface area contributed by atoms with Gasteiger partial charge < -0.3 is 15.5 Å². The van der Waals surface area contributed by atoms with Gasteiger partial charge in [-0.05, 0) is 57.4 Å². The highest BCUT2D eigenvalue weighted by Crippen LogP contribution is 2.03. The Hall–Kier alpha value is -0.470. The molecule has 1 rings (SSSR count). The Morgan fingerprint density at radius 1 is 1.12 bits per heavy atom. The molecule has 0 aliphatic carbocycles. The lowest BCUT2D eigenvalue weighted by molar-refractivity contribution is 0.324. The van der Waals surface area contributed by atoms with E-state index >= 15 is 0 Å². The number of aliphatic imine (C=N–C) groups is 1. The molecule has 0 atom stereocenters. The maximum atomic E-state index is 4.67. The summed E-state index contributed by atoms with van der Waals surface area (Å²) in [5, 5.41) is 6.75. The number of hydrogen-bond acceptors (Lipinski definition) is 3. The fourth-order valence-electron chi connectivity index (χ4n) is 2.43. The van der Waals surface area contributed by atoms with Crippen LogP contribution in [0, 0.1) is 0 Å². The van der Waals surface area contributed by atoms with Gasteiger partial charge >= 0.3 is 0 Å². The Labute approximate surface area is 175 Å². The van der Waals surface area contributed by atoms with Gasteiger partial charge in [-0.1, -0.05) is 30.3 Å². The molecule has 0 aliphatic heterocycles. The zero-order valence-electron chi connectivity index (χ0n) is 16.0. The second-order valence-electron chi connectivity index (χ2n) is 5.96. The largest absolute Gasteiger partial charge is 0.357 e. The lowest BCUT2D eigenvalue weighted by Crippen LogP contribution is -2.38. The van der Waals surface area contributed by atoms with Crippen LogP contribution in [0.2, 0.25) is 0 Å². The highest BCUT2D eigenvalue weighted by molar-refractivity contribution is 14.0. The average molecular weight is 478 g/mol. The summed E-state index contributed by atoms with van der Waals surface area (Å²) in [5.74, 6) is 2.19. The molecule has 0 amide bonds. The van der Waals surface area contributed by atoms with Crippen molar-refractivity contribution in [1.29, 1.82) is 0 Å². The van der Waals surface area contributed by atoms with E-state index in [0.717, 1.165) is 45.1 Å². The first-order valence-electron chi connectivity index (χ1n) is 8.99. The standard InChI is InChI=1S/C19H34N4S.HI/c1-4-20-19(21-13-8-9-16-24-3)22-14-10-15-23(2)17-18-11-6-5-7-12-18;/h5-7,11-12H,4,8-10,13-17H2,1-3H3,(H2,20,21,22);1H. The lowest BCUT2D eigenvalue weighted by atomic mass is 10.2. The highest BCUT2D eigenvalue weighted by Gasteiger charge is 2.00. The molecule has 1 aromatic carbocycles. The van der Waals surface area contributed by atoms with E-state index in [1.807, 2.05) is 11.8 Å².